The quantitative estimate of drug-likeness (QED) is 0.820. The highest BCUT2D eigenvalue weighted by atomic mass is 32.2. The second-order valence-electron chi connectivity index (χ2n) is 5.73. The van der Waals surface area contributed by atoms with Crippen LogP contribution in [0.25, 0.3) is 0 Å². The summed E-state index contributed by atoms with van der Waals surface area (Å²) in [5.41, 5.74) is 1.75. The lowest BCUT2D eigenvalue weighted by atomic mass is 10.1. The molecule has 134 valence electrons. The maximum Gasteiger partial charge on any atom is 0.240 e. The Morgan fingerprint density at radius 1 is 1.04 bits per heavy atom. The summed E-state index contributed by atoms with van der Waals surface area (Å²) in [5.74, 6) is -0.335. The lowest BCUT2D eigenvalue weighted by Crippen LogP contribution is -2.26. The summed E-state index contributed by atoms with van der Waals surface area (Å²) in [6, 6.07) is 12.5. The highest BCUT2D eigenvalue weighted by Gasteiger charge is 2.12. The third-order valence-corrected chi connectivity index (χ3v) is 5.32. The summed E-state index contributed by atoms with van der Waals surface area (Å²) >= 11 is 0. The van der Waals surface area contributed by atoms with Crippen LogP contribution in [-0.4, -0.2) is 33.3 Å². The number of carbonyl (C=O) groups excluding carboxylic acids is 1. The van der Waals surface area contributed by atoms with Gasteiger partial charge in [-0.15, -0.1) is 0 Å². The Hall–Kier alpha value is -2.25. The van der Waals surface area contributed by atoms with Crippen LogP contribution in [0.2, 0.25) is 0 Å². The molecule has 1 N–H and O–H groups in total. The van der Waals surface area contributed by atoms with Crippen LogP contribution in [0.1, 0.15) is 17.5 Å². The van der Waals surface area contributed by atoms with Gasteiger partial charge in [0, 0.05) is 20.0 Å². The van der Waals surface area contributed by atoms with Crippen molar-refractivity contribution in [1.82, 2.24) is 9.62 Å². The molecule has 0 aliphatic heterocycles. The molecule has 7 heteroatoms. The monoisotopic (exact) mass is 364 g/mol. The van der Waals surface area contributed by atoms with E-state index in [0.29, 0.717) is 19.4 Å². The van der Waals surface area contributed by atoms with Gasteiger partial charge in [0.2, 0.25) is 15.9 Å². The summed E-state index contributed by atoms with van der Waals surface area (Å²) in [6.07, 6.45) is 0.836. The number of rotatable bonds is 7. The van der Waals surface area contributed by atoms with E-state index in [-0.39, 0.29) is 16.6 Å². The van der Waals surface area contributed by atoms with Gasteiger partial charge in [-0.1, -0.05) is 24.3 Å². The largest absolute Gasteiger partial charge is 0.341 e. The van der Waals surface area contributed by atoms with Gasteiger partial charge < -0.3 is 4.90 Å². The van der Waals surface area contributed by atoms with E-state index in [1.165, 1.54) is 31.3 Å². The molecule has 5 nitrogen and oxygen atoms in total. The van der Waals surface area contributed by atoms with Crippen molar-refractivity contribution in [2.24, 2.45) is 0 Å². The Bertz CT molecular complexity index is 818. The van der Waals surface area contributed by atoms with Crippen molar-refractivity contribution in [3.05, 3.63) is 65.5 Å². The van der Waals surface area contributed by atoms with Gasteiger partial charge in [-0.3, -0.25) is 4.79 Å². The Labute approximate surface area is 147 Å². The summed E-state index contributed by atoms with van der Waals surface area (Å²) in [6.45, 7) is 0.415. The molecule has 0 radical (unpaired) electrons. The van der Waals surface area contributed by atoms with E-state index in [1.54, 1.807) is 36.2 Å². The van der Waals surface area contributed by atoms with Crippen LogP contribution >= 0.6 is 0 Å². The molecule has 0 saturated heterocycles. The van der Waals surface area contributed by atoms with Crippen LogP contribution in [0, 0.1) is 5.82 Å². The van der Waals surface area contributed by atoms with Gasteiger partial charge in [0.15, 0.2) is 0 Å². The zero-order valence-corrected chi connectivity index (χ0v) is 15.0. The predicted octanol–water partition coefficient (Wildman–Crippen LogP) is 2.33. The van der Waals surface area contributed by atoms with Crippen molar-refractivity contribution in [1.29, 1.82) is 0 Å². The maximum absolute atomic E-state index is 12.9. The van der Waals surface area contributed by atoms with E-state index in [1.807, 2.05) is 0 Å². The highest BCUT2D eigenvalue weighted by Crippen LogP contribution is 2.13. The molecular formula is C18H21FN2O3S. The number of nitrogens with zero attached hydrogens (tertiary/aromatic N) is 1. The summed E-state index contributed by atoms with van der Waals surface area (Å²) in [7, 11) is -0.387. The molecule has 0 unspecified atom stereocenters. The molecule has 1 amide bonds. The predicted molar refractivity (Wildman–Crippen MR) is 93.9 cm³/mol. The van der Waals surface area contributed by atoms with Crippen molar-refractivity contribution in [3.63, 3.8) is 0 Å². The highest BCUT2D eigenvalue weighted by molar-refractivity contribution is 7.89. The molecule has 25 heavy (non-hydrogen) atoms. The Morgan fingerprint density at radius 2 is 1.60 bits per heavy atom. The second-order valence-corrected chi connectivity index (χ2v) is 7.61. The zero-order valence-electron chi connectivity index (χ0n) is 14.2. The normalized spacial score (nSPS) is 11.3. The van der Waals surface area contributed by atoms with Gasteiger partial charge in [0.05, 0.1) is 4.90 Å². The molecule has 0 heterocycles. The van der Waals surface area contributed by atoms with Gasteiger partial charge in [-0.05, 0) is 48.9 Å². The Kier molecular flexibility index (Phi) is 6.27. The molecule has 0 saturated carbocycles. The second kappa shape index (κ2) is 8.22. The lowest BCUT2D eigenvalue weighted by Gasteiger charge is -2.17. The molecule has 0 aliphatic carbocycles. The van der Waals surface area contributed by atoms with Gasteiger partial charge in [0.1, 0.15) is 5.82 Å². The lowest BCUT2D eigenvalue weighted by molar-refractivity contribution is -0.130. The number of nitrogens with one attached hydrogen (secondary N) is 1. The molecule has 0 spiro atoms. The molecule has 2 aromatic rings. The van der Waals surface area contributed by atoms with Crippen LogP contribution in [0.5, 0.6) is 0 Å². The minimum atomic E-state index is -3.45. The van der Waals surface area contributed by atoms with E-state index < -0.39 is 10.0 Å². The number of amides is 1. The van der Waals surface area contributed by atoms with Crippen LogP contribution in [-0.2, 0) is 27.8 Å². The number of hydrogen-bond donors (Lipinski definition) is 1. The van der Waals surface area contributed by atoms with Gasteiger partial charge in [0.25, 0.3) is 0 Å². The van der Waals surface area contributed by atoms with E-state index in [2.05, 4.69) is 4.72 Å². The average molecular weight is 364 g/mol. The van der Waals surface area contributed by atoms with Crippen LogP contribution < -0.4 is 4.72 Å². The summed E-state index contributed by atoms with van der Waals surface area (Å²) < 4.78 is 38.5. The molecule has 2 rings (SSSR count). The zero-order chi connectivity index (χ0) is 18.4. The average Bonchev–Trinajstić information content (AvgIpc) is 2.62. The van der Waals surface area contributed by atoms with Crippen molar-refractivity contribution in [2.75, 3.05) is 14.1 Å². The summed E-state index contributed by atoms with van der Waals surface area (Å²) in [5, 5.41) is 0. The number of aryl methyl sites for hydroxylation is 1. The number of carbonyl (C=O) groups is 1. The fourth-order valence-corrected chi connectivity index (χ4v) is 3.08. The maximum atomic E-state index is 12.9. The van der Waals surface area contributed by atoms with Crippen molar-refractivity contribution >= 4 is 15.9 Å². The molecular weight excluding hydrogens is 343 g/mol. The van der Waals surface area contributed by atoms with Crippen LogP contribution in [0.4, 0.5) is 4.39 Å². The molecule has 0 aromatic heterocycles. The fourth-order valence-electron chi connectivity index (χ4n) is 2.35. The van der Waals surface area contributed by atoms with Crippen LogP contribution in [0.15, 0.2) is 53.4 Å². The van der Waals surface area contributed by atoms with E-state index >= 15 is 0 Å². The number of benzene rings is 2. The van der Waals surface area contributed by atoms with Crippen LogP contribution in [0.3, 0.4) is 0 Å². The SMILES string of the molecule is CNS(=O)(=O)c1ccc(CCC(=O)N(C)Cc2ccc(F)cc2)cc1. The smallest absolute Gasteiger partial charge is 0.240 e. The van der Waals surface area contributed by atoms with E-state index in [9.17, 15) is 17.6 Å². The molecule has 2 aromatic carbocycles. The van der Waals surface area contributed by atoms with E-state index in [0.717, 1.165) is 11.1 Å². The number of hydrogen-bond acceptors (Lipinski definition) is 3. The fraction of sp³-hybridized carbons (Fsp3) is 0.278. The van der Waals surface area contributed by atoms with E-state index in [4.69, 9.17) is 0 Å². The molecule has 0 bridgehead atoms. The molecule has 0 aliphatic rings. The van der Waals surface area contributed by atoms with Crippen molar-refractivity contribution in [3.8, 4) is 0 Å². The molecule has 0 atom stereocenters. The Balaban J connectivity index is 1.89. The van der Waals surface area contributed by atoms with Crippen molar-refractivity contribution < 1.29 is 17.6 Å². The van der Waals surface area contributed by atoms with Gasteiger partial charge >= 0.3 is 0 Å². The molecule has 0 fully saturated rings. The van der Waals surface area contributed by atoms with Gasteiger partial charge in [-0.25, -0.2) is 17.5 Å². The third kappa shape index (κ3) is 5.37. The standard InChI is InChI=1S/C18H21FN2O3S/c1-20-25(23,24)17-10-5-14(6-11-17)7-12-18(22)21(2)13-15-3-8-16(19)9-4-15/h3-6,8-11,20H,7,12-13H2,1-2H3. The first-order valence-corrected chi connectivity index (χ1v) is 9.31. The first-order valence-electron chi connectivity index (χ1n) is 7.83. The minimum absolute atomic E-state index is 0.0313. The summed E-state index contributed by atoms with van der Waals surface area (Å²) in [4.78, 5) is 14.0. The first-order chi connectivity index (χ1) is 11.8. The number of halogens is 1. The van der Waals surface area contributed by atoms with Crippen molar-refractivity contribution in [2.45, 2.75) is 24.3 Å². The minimum Gasteiger partial charge on any atom is -0.341 e. The first kappa shape index (κ1) is 19.1. The Morgan fingerprint density at radius 3 is 2.16 bits per heavy atom. The third-order valence-electron chi connectivity index (χ3n) is 3.89. The van der Waals surface area contributed by atoms with Gasteiger partial charge in [-0.2, -0.15) is 0 Å². The topological polar surface area (TPSA) is 66.5 Å². The number of sulfonamides is 1.